The number of nitrogens with zero attached hydrogens (tertiary/aromatic N) is 4. The van der Waals surface area contributed by atoms with Crippen molar-refractivity contribution in [2.24, 2.45) is 7.05 Å². The first-order valence-corrected chi connectivity index (χ1v) is 6.17. The molecule has 0 saturated carbocycles. The number of aryl methyl sites for hydroxylation is 1. The third-order valence-corrected chi connectivity index (χ3v) is 3.19. The Bertz CT molecular complexity index is 678. The van der Waals surface area contributed by atoms with Crippen LogP contribution in [0.25, 0.3) is 11.3 Å². The zero-order chi connectivity index (χ0) is 14.9. The van der Waals surface area contributed by atoms with E-state index in [-0.39, 0.29) is 11.3 Å². The van der Waals surface area contributed by atoms with Gasteiger partial charge in [0.15, 0.2) is 4.60 Å². The Labute approximate surface area is 121 Å². The Balaban J connectivity index is 2.66. The lowest BCUT2D eigenvalue weighted by Crippen LogP contribution is -2.04. The fraction of sp³-hybridized carbons (Fsp3) is 0.182. The summed E-state index contributed by atoms with van der Waals surface area (Å²) in [6.07, 6.45) is 0. The van der Waals surface area contributed by atoms with Crippen molar-refractivity contribution in [1.29, 1.82) is 0 Å². The quantitative estimate of drug-likeness (QED) is 0.480. The normalized spacial score (nSPS) is 10.3. The minimum atomic E-state index is -0.637. The summed E-state index contributed by atoms with van der Waals surface area (Å²) in [6.45, 7) is 0. The van der Waals surface area contributed by atoms with E-state index in [1.54, 1.807) is 7.05 Å². The lowest BCUT2D eigenvalue weighted by Gasteiger charge is -2.05. The molecule has 0 aliphatic carbocycles. The van der Waals surface area contributed by atoms with Gasteiger partial charge >= 0.3 is 5.97 Å². The highest BCUT2D eigenvalue weighted by atomic mass is 79.9. The summed E-state index contributed by atoms with van der Waals surface area (Å²) < 4.78 is 6.34. The lowest BCUT2D eigenvalue weighted by atomic mass is 10.1. The number of carbonyl (C=O) groups excluding carboxylic acids is 1. The van der Waals surface area contributed by atoms with E-state index in [0.29, 0.717) is 15.9 Å². The van der Waals surface area contributed by atoms with Gasteiger partial charge in [-0.05, 0) is 28.1 Å². The molecule has 0 N–H and O–H groups in total. The van der Waals surface area contributed by atoms with E-state index >= 15 is 0 Å². The second-order valence-electron chi connectivity index (χ2n) is 3.83. The van der Waals surface area contributed by atoms with Crippen LogP contribution in [-0.4, -0.2) is 33.0 Å². The first kappa shape index (κ1) is 14.1. The number of carbonyl (C=O) groups is 1. The van der Waals surface area contributed by atoms with E-state index in [4.69, 9.17) is 0 Å². The number of benzene rings is 1. The average Bonchev–Trinajstić information content (AvgIpc) is 2.76. The zero-order valence-corrected chi connectivity index (χ0v) is 12.1. The fourth-order valence-electron chi connectivity index (χ4n) is 1.75. The van der Waals surface area contributed by atoms with Crippen molar-refractivity contribution in [3.63, 3.8) is 0 Å². The van der Waals surface area contributed by atoms with Crippen LogP contribution in [0.1, 0.15) is 10.4 Å². The van der Waals surface area contributed by atoms with Crippen LogP contribution in [0.2, 0.25) is 0 Å². The number of halogens is 1. The third-order valence-electron chi connectivity index (χ3n) is 2.66. The topological polar surface area (TPSA) is 100 Å². The number of aromatic nitrogens is 3. The van der Waals surface area contributed by atoms with Crippen molar-refractivity contribution in [2.75, 3.05) is 7.11 Å². The summed E-state index contributed by atoms with van der Waals surface area (Å²) >= 11 is 3.19. The van der Waals surface area contributed by atoms with Crippen molar-refractivity contribution in [3.05, 3.63) is 38.5 Å². The predicted octanol–water partition coefficient (Wildman–Crippen LogP) is 1.94. The number of hydrogen-bond acceptors (Lipinski definition) is 6. The molecule has 0 fully saturated rings. The molecule has 0 saturated heterocycles. The van der Waals surface area contributed by atoms with Crippen molar-refractivity contribution in [2.45, 2.75) is 0 Å². The highest BCUT2D eigenvalue weighted by Crippen LogP contribution is 2.34. The Morgan fingerprint density at radius 1 is 1.50 bits per heavy atom. The second kappa shape index (κ2) is 5.37. The molecule has 0 unspecified atom stereocenters. The van der Waals surface area contributed by atoms with Crippen molar-refractivity contribution < 1.29 is 14.5 Å². The molecule has 2 aromatic rings. The van der Waals surface area contributed by atoms with E-state index in [2.05, 4.69) is 31.0 Å². The first-order valence-electron chi connectivity index (χ1n) is 5.38. The van der Waals surface area contributed by atoms with Crippen LogP contribution >= 0.6 is 15.9 Å². The maximum atomic E-state index is 11.4. The molecule has 0 spiro atoms. The first-order chi connectivity index (χ1) is 9.45. The molecule has 104 valence electrons. The largest absolute Gasteiger partial charge is 0.465 e. The minimum absolute atomic E-state index is 0.106. The van der Waals surface area contributed by atoms with Crippen molar-refractivity contribution in [3.8, 4) is 11.3 Å². The molecule has 1 aromatic carbocycles. The smallest absolute Gasteiger partial charge is 0.338 e. The molecular formula is C11H9BrN4O4. The summed E-state index contributed by atoms with van der Waals surface area (Å²) in [7, 11) is 2.83. The molecule has 0 atom stereocenters. The Kier molecular flexibility index (Phi) is 3.79. The van der Waals surface area contributed by atoms with E-state index < -0.39 is 10.9 Å². The van der Waals surface area contributed by atoms with E-state index in [0.717, 1.165) is 0 Å². The van der Waals surface area contributed by atoms with E-state index in [9.17, 15) is 14.9 Å². The minimum Gasteiger partial charge on any atom is -0.465 e. The van der Waals surface area contributed by atoms with Gasteiger partial charge < -0.3 is 4.74 Å². The van der Waals surface area contributed by atoms with Crippen LogP contribution in [-0.2, 0) is 11.8 Å². The predicted molar refractivity (Wildman–Crippen MR) is 72.1 cm³/mol. The summed E-state index contributed by atoms with van der Waals surface area (Å²) in [4.78, 5) is 22.1. The molecule has 0 bridgehead atoms. The average molecular weight is 341 g/mol. The highest BCUT2D eigenvalue weighted by molar-refractivity contribution is 9.10. The van der Waals surface area contributed by atoms with Gasteiger partial charge in [-0.25, -0.2) is 9.48 Å². The van der Waals surface area contributed by atoms with Gasteiger partial charge in [-0.3, -0.25) is 10.1 Å². The summed E-state index contributed by atoms with van der Waals surface area (Å²) in [5.41, 5.74) is 0.642. The van der Waals surface area contributed by atoms with Gasteiger partial charge in [-0.15, -0.1) is 5.10 Å². The van der Waals surface area contributed by atoms with Crippen LogP contribution in [0.4, 0.5) is 5.69 Å². The molecule has 0 aliphatic rings. The summed E-state index contributed by atoms with van der Waals surface area (Å²) in [5, 5.41) is 18.7. The number of rotatable bonds is 3. The number of hydrogen-bond donors (Lipinski definition) is 0. The number of nitro groups is 1. The zero-order valence-electron chi connectivity index (χ0n) is 10.5. The van der Waals surface area contributed by atoms with Gasteiger partial charge in [-0.2, -0.15) is 0 Å². The summed E-state index contributed by atoms with van der Waals surface area (Å²) in [5.74, 6) is -0.637. The molecule has 2 rings (SSSR count). The Hall–Kier alpha value is -2.29. The van der Waals surface area contributed by atoms with Gasteiger partial charge in [0.1, 0.15) is 5.69 Å². The van der Waals surface area contributed by atoms with Crippen molar-refractivity contribution in [1.82, 2.24) is 15.0 Å². The molecule has 20 heavy (non-hydrogen) atoms. The van der Waals surface area contributed by atoms with Crippen LogP contribution in [0.3, 0.4) is 0 Å². The Morgan fingerprint density at radius 3 is 2.70 bits per heavy atom. The maximum absolute atomic E-state index is 11.4. The number of ether oxygens (including phenoxy) is 1. The van der Waals surface area contributed by atoms with Gasteiger partial charge in [-0.1, -0.05) is 5.21 Å². The Morgan fingerprint density at radius 2 is 2.20 bits per heavy atom. The molecule has 0 radical (unpaired) electrons. The van der Waals surface area contributed by atoms with Gasteiger partial charge in [0, 0.05) is 13.1 Å². The second-order valence-corrected chi connectivity index (χ2v) is 4.58. The van der Waals surface area contributed by atoms with E-state index in [1.165, 1.54) is 30.0 Å². The van der Waals surface area contributed by atoms with Crippen LogP contribution in [0.15, 0.2) is 22.8 Å². The molecule has 1 heterocycles. The fourth-order valence-corrected chi connectivity index (χ4v) is 2.29. The van der Waals surface area contributed by atoms with Crippen LogP contribution in [0, 0.1) is 10.1 Å². The van der Waals surface area contributed by atoms with Gasteiger partial charge in [0.05, 0.1) is 23.2 Å². The number of nitro benzene ring substituents is 1. The van der Waals surface area contributed by atoms with Gasteiger partial charge in [0.25, 0.3) is 5.69 Å². The van der Waals surface area contributed by atoms with Crippen molar-refractivity contribution >= 4 is 27.6 Å². The highest BCUT2D eigenvalue weighted by Gasteiger charge is 2.23. The molecular weight excluding hydrogens is 332 g/mol. The third kappa shape index (κ3) is 2.39. The van der Waals surface area contributed by atoms with Crippen LogP contribution < -0.4 is 0 Å². The molecule has 1 aromatic heterocycles. The monoisotopic (exact) mass is 340 g/mol. The lowest BCUT2D eigenvalue weighted by molar-refractivity contribution is -0.384. The molecule has 0 aliphatic heterocycles. The van der Waals surface area contributed by atoms with E-state index in [1.807, 2.05) is 0 Å². The standard InChI is InChI=1S/C11H9BrN4O4/c1-15-9(10(12)13-14-15)7-4-3-6(11(17)20-2)5-8(7)16(18)19/h3-5H,1-2H3. The van der Waals surface area contributed by atoms with Crippen LogP contribution in [0.5, 0.6) is 0 Å². The van der Waals surface area contributed by atoms with Gasteiger partial charge in [0.2, 0.25) is 0 Å². The number of methoxy groups -OCH3 is 1. The molecule has 9 heteroatoms. The SMILES string of the molecule is COC(=O)c1ccc(-c2c(Br)nnn2C)c([N+](=O)[O-])c1. The summed E-state index contributed by atoms with van der Waals surface area (Å²) in [6, 6.07) is 4.09. The molecule has 0 amide bonds. The molecule has 8 nitrogen and oxygen atoms in total. The maximum Gasteiger partial charge on any atom is 0.338 e. The number of esters is 1.